The molecule has 1 heterocycles. The Morgan fingerprint density at radius 3 is 2.50 bits per heavy atom. The third-order valence-electron chi connectivity index (χ3n) is 1.58. The minimum Gasteiger partial charge on any atom is -0.396 e. The van der Waals surface area contributed by atoms with Crippen molar-refractivity contribution in [1.82, 2.24) is 4.98 Å². The molecule has 2 nitrogen and oxygen atoms in total. The number of rotatable bonds is 1. The highest BCUT2D eigenvalue weighted by molar-refractivity contribution is 4.92. The Morgan fingerprint density at radius 2 is 2.33 bits per heavy atom. The van der Waals surface area contributed by atoms with E-state index in [1.54, 1.807) is 6.07 Å². The Labute approximate surface area is 71.1 Å². The van der Waals surface area contributed by atoms with E-state index in [4.69, 9.17) is 5.11 Å². The third kappa shape index (κ3) is 4.03. The van der Waals surface area contributed by atoms with Crippen molar-refractivity contribution >= 4 is 0 Å². The van der Waals surface area contributed by atoms with Crippen LogP contribution in [0.1, 0.15) is 12.8 Å². The van der Waals surface area contributed by atoms with Crippen molar-refractivity contribution in [3.8, 4) is 0 Å². The van der Waals surface area contributed by atoms with Gasteiger partial charge >= 0.3 is 0 Å². The Hall–Kier alpha value is -0.960. The molecule has 1 aromatic heterocycles. The Balaban J connectivity index is 0.000000127. The molecule has 66 valence electrons. The summed E-state index contributed by atoms with van der Waals surface area (Å²) in [5, 5.41) is 8.21. The standard InChI is InChI=1S/C5H4FN.C4H8O/c6-5-2-1-3-7-4-5;5-3-4-1-2-4/h1-4H;4-5H,1-3H2. The predicted octanol–water partition coefficient (Wildman–Crippen LogP) is 1.61. The maximum absolute atomic E-state index is 11.8. The smallest absolute Gasteiger partial charge is 0.141 e. The number of pyridine rings is 1. The van der Waals surface area contributed by atoms with Crippen LogP contribution in [-0.4, -0.2) is 16.7 Å². The van der Waals surface area contributed by atoms with Gasteiger partial charge in [0.1, 0.15) is 5.82 Å². The average molecular weight is 169 g/mol. The van der Waals surface area contributed by atoms with E-state index < -0.39 is 0 Å². The number of aromatic nitrogens is 1. The second-order valence-corrected chi connectivity index (χ2v) is 2.80. The molecule has 0 radical (unpaired) electrons. The molecular formula is C9H12FNO. The number of halogens is 1. The second-order valence-electron chi connectivity index (χ2n) is 2.80. The molecule has 0 aliphatic heterocycles. The molecule has 1 saturated carbocycles. The van der Waals surface area contributed by atoms with Crippen molar-refractivity contribution in [1.29, 1.82) is 0 Å². The molecule has 0 unspecified atom stereocenters. The van der Waals surface area contributed by atoms with Crippen LogP contribution in [0.5, 0.6) is 0 Å². The molecule has 0 amide bonds. The van der Waals surface area contributed by atoms with Crippen LogP contribution in [0.3, 0.4) is 0 Å². The Kier molecular flexibility index (Phi) is 3.67. The largest absolute Gasteiger partial charge is 0.396 e. The molecule has 1 aromatic rings. The highest BCUT2D eigenvalue weighted by atomic mass is 19.1. The lowest BCUT2D eigenvalue weighted by Crippen LogP contribution is -1.78. The lowest BCUT2D eigenvalue weighted by Gasteiger charge is -1.78. The van der Waals surface area contributed by atoms with Gasteiger partial charge in [0.15, 0.2) is 0 Å². The van der Waals surface area contributed by atoms with E-state index in [9.17, 15) is 4.39 Å². The zero-order chi connectivity index (χ0) is 8.81. The van der Waals surface area contributed by atoms with E-state index in [0.29, 0.717) is 12.5 Å². The summed E-state index contributed by atoms with van der Waals surface area (Å²) in [6, 6.07) is 2.91. The van der Waals surface area contributed by atoms with Gasteiger partial charge in [-0.15, -0.1) is 0 Å². The summed E-state index contributed by atoms with van der Waals surface area (Å²) in [6.07, 6.45) is 5.22. The zero-order valence-corrected chi connectivity index (χ0v) is 6.78. The van der Waals surface area contributed by atoms with Crippen LogP contribution < -0.4 is 0 Å². The number of aliphatic hydroxyl groups excluding tert-OH is 1. The fourth-order valence-electron chi connectivity index (χ4n) is 0.642. The minimum absolute atomic E-state index is 0.289. The van der Waals surface area contributed by atoms with Crippen LogP contribution in [0.2, 0.25) is 0 Å². The SMILES string of the molecule is Fc1cccnc1.OCC1CC1. The number of nitrogens with zero attached hydrogens (tertiary/aromatic N) is 1. The van der Waals surface area contributed by atoms with E-state index in [1.165, 1.54) is 31.3 Å². The molecule has 12 heavy (non-hydrogen) atoms. The zero-order valence-electron chi connectivity index (χ0n) is 6.78. The lowest BCUT2D eigenvalue weighted by molar-refractivity contribution is 0.277. The van der Waals surface area contributed by atoms with Crippen molar-refractivity contribution in [3.05, 3.63) is 30.3 Å². The number of hydrogen-bond acceptors (Lipinski definition) is 2. The van der Waals surface area contributed by atoms with E-state index >= 15 is 0 Å². The molecule has 1 aliphatic carbocycles. The molecule has 0 spiro atoms. The molecule has 1 aliphatic rings. The number of aliphatic hydroxyl groups is 1. The van der Waals surface area contributed by atoms with E-state index in [0.717, 1.165) is 0 Å². The van der Waals surface area contributed by atoms with Gasteiger partial charge < -0.3 is 5.11 Å². The van der Waals surface area contributed by atoms with Crippen molar-refractivity contribution in [2.24, 2.45) is 5.92 Å². The van der Waals surface area contributed by atoms with Crippen molar-refractivity contribution in [2.75, 3.05) is 6.61 Å². The molecule has 1 N–H and O–H groups in total. The normalized spacial score (nSPS) is 14.8. The van der Waals surface area contributed by atoms with Gasteiger partial charge in [0.2, 0.25) is 0 Å². The Morgan fingerprint density at radius 1 is 1.58 bits per heavy atom. The van der Waals surface area contributed by atoms with Gasteiger partial charge in [-0.25, -0.2) is 4.39 Å². The highest BCUT2D eigenvalue weighted by Gasteiger charge is 2.18. The molecule has 0 saturated heterocycles. The van der Waals surface area contributed by atoms with Crippen LogP contribution in [0.4, 0.5) is 4.39 Å². The quantitative estimate of drug-likeness (QED) is 0.692. The molecule has 0 bridgehead atoms. The maximum Gasteiger partial charge on any atom is 0.141 e. The van der Waals surface area contributed by atoms with E-state index in [-0.39, 0.29) is 5.82 Å². The summed E-state index contributed by atoms with van der Waals surface area (Å²) in [4.78, 5) is 3.51. The fraction of sp³-hybridized carbons (Fsp3) is 0.444. The molecule has 0 atom stereocenters. The molecule has 1 fully saturated rings. The highest BCUT2D eigenvalue weighted by Crippen LogP contribution is 2.27. The first-order valence-corrected chi connectivity index (χ1v) is 3.99. The summed E-state index contributed by atoms with van der Waals surface area (Å²) < 4.78 is 11.8. The van der Waals surface area contributed by atoms with Crippen LogP contribution in [0.25, 0.3) is 0 Å². The van der Waals surface area contributed by atoms with Crippen LogP contribution in [0, 0.1) is 11.7 Å². The van der Waals surface area contributed by atoms with E-state index in [2.05, 4.69) is 4.98 Å². The topological polar surface area (TPSA) is 33.1 Å². The molecule has 3 heteroatoms. The van der Waals surface area contributed by atoms with Crippen LogP contribution >= 0.6 is 0 Å². The third-order valence-corrected chi connectivity index (χ3v) is 1.58. The summed E-state index contributed by atoms with van der Waals surface area (Å²) >= 11 is 0. The van der Waals surface area contributed by atoms with Gasteiger partial charge in [-0.05, 0) is 30.9 Å². The second kappa shape index (κ2) is 4.83. The summed E-state index contributed by atoms with van der Waals surface area (Å²) in [6.45, 7) is 0.417. The molecular weight excluding hydrogens is 157 g/mol. The molecule has 0 aromatic carbocycles. The van der Waals surface area contributed by atoms with Gasteiger partial charge in [-0.1, -0.05) is 0 Å². The summed E-state index contributed by atoms with van der Waals surface area (Å²) in [5.41, 5.74) is 0. The first kappa shape index (κ1) is 9.13. The van der Waals surface area contributed by atoms with Gasteiger partial charge in [-0.2, -0.15) is 0 Å². The van der Waals surface area contributed by atoms with Crippen molar-refractivity contribution < 1.29 is 9.50 Å². The first-order valence-electron chi connectivity index (χ1n) is 3.99. The van der Waals surface area contributed by atoms with Crippen molar-refractivity contribution in [3.63, 3.8) is 0 Å². The predicted molar refractivity (Wildman–Crippen MR) is 44.0 cm³/mol. The monoisotopic (exact) mass is 169 g/mol. The number of hydrogen-bond donors (Lipinski definition) is 1. The maximum atomic E-state index is 11.8. The van der Waals surface area contributed by atoms with Crippen LogP contribution in [-0.2, 0) is 0 Å². The van der Waals surface area contributed by atoms with E-state index in [1.807, 2.05) is 0 Å². The average Bonchev–Trinajstić information content (AvgIpc) is 2.89. The summed E-state index contributed by atoms with van der Waals surface area (Å²) in [7, 11) is 0. The van der Waals surface area contributed by atoms with Crippen LogP contribution in [0.15, 0.2) is 24.5 Å². The minimum atomic E-state index is -0.289. The van der Waals surface area contributed by atoms with Crippen molar-refractivity contribution in [2.45, 2.75) is 12.8 Å². The molecule has 2 rings (SSSR count). The first-order chi connectivity index (χ1) is 5.83. The lowest BCUT2D eigenvalue weighted by atomic mass is 10.5. The fourth-order valence-corrected chi connectivity index (χ4v) is 0.642. The van der Waals surface area contributed by atoms with Gasteiger partial charge in [0.25, 0.3) is 0 Å². The van der Waals surface area contributed by atoms with Gasteiger partial charge in [-0.3, -0.25) is 4.98 Å². The van der Waals surface area contributed by atoms with Gasteiger partial charge in [0.05, 0.1) is 6.20 Å². The Bertz CT molecular complexity index is 211. The van der Waals surface area contributed by atoms with Gasteiger partial charge in [0, 0.05) is 12.8 Å². The summed E-state index contributed by atoms with van der Waals surface area (Å²) in [5.74, 6) is 0.400.